The van der Waals surface area contributed by atoms with E-state index in [1.54, 1.807) is 33.4 Å². The van der Waals surface area contributed by atoms with Crippen molar-refractivity contribution >= 4 is 27.0 Å². The molecule has 164 valence electrons. The molecule has 9 nitrogen and oxygen atoms in total. The van der Waals surface area contributed by atoms with Crippen molar-refractivity contribution in [3.8, 4) is 0 Å². The molecule has 31 heavy (non-hydrogen) atoms. The number of pyridine rings is 1. The Morgan fingerprint density at radius 1 is 1.10 bits per heavy atom. The van der Waals surface area contributed by atoms with Crippen LogP contribution in [0.2, 0.25) is 0 Å². The summed E-state index contributed by atoms with van der Waals surface area (Å²) in [5.74, 6) is -0.0509. The van der Waals surface area contributed by atoms with Crippen LogP contribution in [0.1, 0.15) is 37.8 Å². The number of amides is 1. The number of carbonyl (C=O) groups is 1. The van der Waals surface area contributed by atoms with Crippen LogP contribution in [0.4, 0.5) is 0 Å². The highest BCUT2D eigenvalue weighted by molar-refractivity contribution is 7.89. The van der Waals surface area contributed by atoms with Gasteiger partial charge in [0, 0.05) is 32.3 Å². The van der Waals surface area contributed by atoms with E-state index in [4.69, 9.17) is 0 Å². The highest BCUT2D eigenvalue weighted by Gasteiger charge is 2.26. The third kappa shape index (κ3) is 5.08. The van der Waals surface area contributed by atoms with E-state index in [2.05, 4.69) is 20.6 Å². The second-order valence-corrected chi connectivity index (χ2v) is 9.57. The molecule has 3 heterocycles. The first-order chi connectivity index (χ1) is 15.0. The summed E-state index contributed by atoms with van der Waals surface area (Å²) in [6.07, 6.45) is 5.51. The largest absolute Gasteiger partial charge is 0.350 e. The number of hydrogen-bond acceptors (Lipinski definition) is 6. The average molecular weight is 443 g/mol. The summed E-state index contributed by atoms with van der Waals surface area (Å²) < 4.78 is 29.0. The maximum absolute atomic E-state index is 12.9. The van der Waals surface area contributed by atoms with Crippen LogP contribution >= 0.6 is 0 Å². The van der Waals surface area contributed by atoms with Crippen molar-refractivity contribution in [1.29, 1.82) is 0 Å². The third-order valence-electron chi connectivity index (χ3n) is 5.40. The van der Waals surface area contributed by atoms with Gasteiger partial charge in [0.2, 0.25) is 15.9 Å². The molecule has 1 aliphatic rings. The lowest BCUT2D eigenvalue weighted by Gasteiger charge is -2.25. The Bertz CT molecular complexity index is 1140. The van der Waals surface area contributed by atoms with E-state index in [-0.39, 0.29) is 10.8 Å². The van der Waals surface area contributed by atoms with Gasteiger partial charge in [0.1, 0.15) is 5.52 Å². The van der Waals surface area contributed by atoms with Crippen LogP contribution in [0.3, 0.4) is 0 Å². The predicted molar refractivity (Wildman–Crippen MR) is 115 cm³/mol. The lowest BCUT2D eigenvalue weighted by atomic mass is 10.2. The molecule has 0 unspecified atom stereocenters. The first kappa shape index (κ1) is 21.4. The molecule has 3 aromatic rings. The average Bonchev–Trinajstić information content (AvgIpc) is 3.21. The van der Waals surface area contributed by atoms with Crippen molar-refractivity contribution in [1.82, 2.24) is 29.6 Å². The molecule has 0 aliphatic carbocycles. The number of sulfonamides is 1. The van der Waals surface area contributed by atoms with E-state index in [0.29, 0.717) is 44.5 Å². The lowest BCUT2D eigenvalue weighted by Crippen LogP contribution is -2.35. The fourth-order valence-corrected chi connectivity index (χ4v) is 5.24. The maximum Gasteiger partial charge on any atom is 0.243 e. The topological polar surface area (TPSA) is 110 Å². The smallest absolute Gasteiger partial charge is 0.243 e. The first-order valence-electron chi connectivity index (χ1n) is 10.5. The molecule has 1 N–H and O–H groups in total. The van der Waals surface area contributed by atoms with Gasteiger partial charge in [0.25, 0.3) is 0 Å². The van der Waals surface area contributed by atoms with Crippen molar-refractivity contribution in [2.24, 2.45) is 0 Å². The number of nitrogens with one attached hydrogen (secondary N) is 1. The van der Waals surface area contributed by atoms with Gasteiger partial charge in [-0.25, -0.2) is 13.1 Å². The summed E-state index contributed by atoms with van der Waals surface area (Å²) in [6.45, 7) is 2.05. The zero-order valence-electron chi connectivity index (χ0n) is 17.3. The van der Waals surface area contributed by atoms with Gasteiger partial charge < -0.3 is 5.32 Å². The minimum Gasteiger partial charge on any atom is -0.350 e. The monoisotopic (exact) mass is 442 g/mol. The quantitative estimate of drug-likeness (QED) is 0.572. The Morgan fingerprint density at radius 2 is 1.94 bits per heavy atom. The predicted octanol–water partition coefficient (Wildman–Crippen LogP) is 2.10. The Balaban J connectivity index is 1.34. The summed E-state index contributed by atoms with van der Waals surface area (Å²) in [7, 11) is -3.50. The number of benzene rings is 1. The van der Waals surface area contributed by atoms with Crippen molar-refractivity contribution in [2.45, 2.75) is 50.1 Å². The molecule has 1 amide bonds. The summed E-state index contributed by atoms with van der Waals surface area (Å²) in [6, 6.07) is 10.5. The van der Waals surface area contributed by atoms with Crippen molar-refractivity contribution in [3.63, 3.8) is 0 Å². The fourth-order valence-electron chi connectivity index (χ4n) is 3.70. The zero-order valence-corrected chi connectivity index (χ0v) is 18.1. The van der Waals surface area contributed by atoms with Crippen LogP contribution < -0.4 is 5.32 Å². The second kappa shape index (κ2) is 9.52. The molecule has 0 bridgehead atoms. The number of aryl methyl sites for hydroxylation is 1. The molecule has 4 rings (SSSR count). The van der Waals surface area contributed by atoms with Gasteiger partial charge in [-0.2, -0.15) is 4.31 Å². The second-order valence-electron chi connectivity index (χ2n) is 7.63. The van der Waals surface area contributed by atoms with E-state index in [0.717, 1.165) is 30.5 Å². The maximum atomic E-state index is 12.9. The summed E-state index contributed by atoms with van der Waals surface area (Å²) in [5.41, 5.74) is 2.11. The van der Waals surface area contributed by atoms with Crippen molar-refractivity contribution in [2.75, 3.05) is 13.1 Å². The van der Waals surface area contributed by atoms with Gasteiger partial charge in [0.05, 0.1) is 22.7 Å². The lowest BCUT2D eigenvalue weighted by molar-refractivity contribution is -0.121. The van der Waals surface area contributed by atoms with Crippen LogP contribution in [-0.2, 0) is 27.9 Å². The molecule has 2 aromatic heterocycles. The number of nitrogens with zero attached hydrogens (tertiary/aromatic N) is 5. The fraction of sp³-hybridized carbons (Fsp3) is 0.429. The van der Waals surface area contributed by atoms with Crippen LogP contribution in [0.25, 0.3) is 11.0 Å². The summed E-state index contributed by atoms with van der Waals surface area (Å²) in [5, 5.41) is 11.1. The summed E-state index contributed by atoms with van der Waals surface area (Å²) >= 11 is 0. The molecule has 0 saturated carbocycles. The van der Waals surface area contributed by atoms with Gasteiger partial charge in [-0.05, 0) is 49.6 Å². The van der Waals surface area contributed by atoms with E-state index < -0.39 is 10.0 Å². The van der Waals surface area contributed by atoms with E-state index in [9.17, 15) is 13.2 Å². The molecule has 1 aliphatic heterocycles. The molecule has 0 atom stereocenters. The molecule has 1 aromatic carbocycles. The normalized spacial score (nSPS) is 15.2. The Kier molecular flexibility index (Phi) is 6.57. The molecule has 10 heteroatoms. The van der Waals surface area contributed by atoms with Gasteiger partial charge in [0.15, 0.2) is 0 Å². The number of hydrogen-bond donors (Lipinski definition) is 1. The zero-order chi connectivity index (χ0) is 21.7. The van der Waals surface area contributed by atoms with Crippen molar-refractivity contribution in [3.05, 3.63) is 48.3 Å². The van der Waals surface area contributed by atoms with E-state index >= 15 is 0 Å². The number of fused-ring (bicyclic) bond motifs is 1. The SMILES string of the molecule is O=C(CCCn1nnc2cc(S(=O)(=O)N3CCCCC3)ccc21)NCc1ccccn1. The van der Waals surface area contributed by atoms with Crippen LogP contribution in [0, 0.1) is 0 Å². The minimum absolute atomic E-state index is 0.0509. The van der Waals surface area contributed by atoms with Crippen LogP contribution in [0.15, 0.2) is 47.5 Å². The van der Waals surface area contributed by atoms with Crippen LogP contribution in [0.5, 0.6) is 0 Å². The van der Waals surface area contributed by atoms with Gasteiger partial charge in [-0.3, -0.25) is 9.78 Å². The molecule has 1 fully saturated rings. The number of rotatable bonds is 8. The van der Waals surface area contributed by atoms with Crippen LogP contribution in [-0.4, -0.2) is 51.7 Å². The van der Waals surface area contributed by atoms with E-state index in [1.165, 1.54) is 0 Å². The molecule has 0 radical (unpaired) electrons. The highest BCUT2D eigenvalue weighted by atomic mass is 32.2. The van der Waals surface area contributed by atoms with Gasteiger partial charge in [-0.15, -0.1) is 5.10 Å². The third-order valence-corrected chi connectivity index (χ3v) is 7.30. The summed E-state index contributed by atoms with van der Waals surface area (Å²) in [4.78, 5) is 16.5. The minimum atomic E-state index is -3.50. The number of aromatic nitrogens is 4. The number of piperidine rings is 1. The highest BCUT2D eigenvalue weighted by Crippen LogP contribution is 2.23. The first-order valence-corrected chi connectivity index (χ1v) is 12.0. The molecule has 0 spiro atoms. The Hall–Kier alpha value is -2.85. The molecule has 1 saturated heterocycles. The Labute approximate surface area is 181 Å². The standard InChI is InChI=1S/C21H26N6O3S/c28-21(23-16-17-7-2-3-11-22-17)8-6-14-27-20-10-9-18(15-19(20)24-25-27)31(29,30)26-12-4-1-5-13-26/h2-3,7,9-11,15H,1,4-6,8,12-14,16H2,(H,23,28). The van der Waals surface area contributed by atoms with E-state index in [1.807, 2.05) is 18.2 Å². The Morgan fingerprint density at radius 3 is 2.71 bits per heavy atom. The van der Waals surface area contributed by atoms with Crippen molar-refractivity contribution < 1.29 is 13.2 Å². The molecular formula is C21H26N6O3S. The number of carbonyl (C=O) groups excluding carboxylic acids is 1. The van der Waals surface area contributed by atoms with Gasteiger partial charge in [-0.1, -0.05) is 17.7 Å². The molecular weight excluding hydrogens is 416 g/mol. The van der Waals surface area contributed by atoms with Gasteiger partial charge >= 0.3 is 0 Å².